The molecule has 2 unspecified atom stereocenters. The minimum Gasteiger partial charge on any atom is -0.467 e. The van der Waals surface area contributed by atoms with E-state index >= 15 is 0 Å². The van der Waals surface area contributed by atoms with Crippen LogP contribution in [0.4, 0.5) is 4.79 Å². The molecule has 0 saturated carbocycles. The summed E-state index contributed by atoms with van der Waals surface area (Å²) in [7, 11) is -2.66. The summed E-state index contributed by atoms with van der Waals surface area (Å²) in [5.41, 5.74) is -0.780. The summed E-state index contributed by atoms with van der Waals surface area (Å²) in [6.07, 6.45) is -0.843. The highest BCUT2D eigenvalue weighted by molar-refractivity contribution is 7.92. The maximum absolute atomic E-state index is 12.9. The molecule has 1 fully saturated rings. The van der Waals surface area contributed by atoms with Crippen molar-refractivity contribution < 1.29 is 27.5 Å². The highest BCUT2D eigenvalue weighted by atomic mass is 35.5. The van der Waals surface area contributed by atoms with Gasteiger partial charge < -0.3 is 9.47 Å². The number of likely N-dealkylation sites (tertiary alicyclic amines) is 1. The van der Waals surface area contributed by atoms with Crippen molar-refractivity contribution in [2.45, 2.75) is 49.0 Å². The van der Waals surface area contributed by atoms with Crippen LogP contribution >= 0.6 is 11.6 Å². The average molecular weight is 404 g/mol. The summed E-state index contributed by atoms with van der Waals surface area (Å²) in [4.78, 5) is 25.6. The number of carbonyl (C=O) groups is 2. The molecule has 1 saturated heterocycles. The van der Waals surface area contributed by atoms with E-state index in [1.54, 1.807) is 32.9 Å². The number of sulfone groups is 1. The van der Waals surface area contributed by atoms with Gasteiger partial charge in [0.1, 0.15) is 11.6 Å². The normalized spacial score (nSPS) is 20.7. The lowest BCUT2D eigenvalue weighted by molar-refractivity contribution is -0.145. The third kappa shape index (κ3) is 4.29. The predicted molar refractivity (Wildman–Crippen MR) is 95.8 cm³/mol. The van der Waals surface area contributed by atoms with E-state index in [-0.39, 0.29) is 22.9 Å². The zero-order valence-corrected chi connectivity index (χ0v) is 16.6. The van der Waals surface area contributed by atoms with Crippen LogP contribution in [0, 0.1) is 0 Å². The second-order valence-electron chi connectivity index (χ2n) is 7.00. The monoisotopic (exact) mass is 403 g/mol. The number of halogens is 1. The number of benzene rings is 1. The molecule has 2 rings (SSSR count). The lowest BCUT2D eigenvalue weighted by atomic mass is 10.2. The lowest BCUT2D eigenvalue weighted by Crippen LogP contribution is -2.44. The topological polar surface area (TPSA) is 90.0 Å². The highest BCUT2D eigenvalue weighted by Crippen LogP contribution is 2.32. The van der Waals surface area contributed by atoms with Crippen LogP contribution in [-0.4, -0.2) is 55.9 Å². The largest absolute Gasteiger partial charge is 0.467 e. The first-order valence-corrected chi connectivity index (χ1v) is 9.95. The van der Waals surface area contributed by atoms with Crippen molar-refractivity contribution in [1.29, 1.82) is 0 Å². The number of ether oxygens (including phenoxy) is 2. The van der Waals surface area contributed by atoms with E-state index in [9.17, 15) is 18.0 Å². The van der Waals surface area contributed by atoms with Crippen LogP contribution in [-0.2, 0) is 24.1 Å². The fraction of sp³-hybridized carbons (Fsp3) is 0.529. The van der Waals surface area contributed by atoms with Crippen LogP contribution in [0.25, 0.3) is 0 Å². The van der Waals surface area contributed by atoms with E-state index in [1.807, 2.05) is 0 Å². The quantitative estimate of drug-likeness (QED) is 0.720. The Morgan fingerprint density at radius 1 is 1.23 bits per heavy atom. The highest BCUT2D eigenvalue weighted by Gasteiger charge is 2.47. The van der Waals surface area contributed by atoms with Crippen LogP contribution in [0.3, 0.4) is 0 Å². The van der Waals surface area contributed by atoms with Gasteiger partial charge in [-0.15, -0.1) is 0 Å². The number of methoxy groups -OCH3 is 1. The average Bonchev–Trinajstić information content (AvgIpc) is 2.99. The molecule has 1 aromatic rings. The summed E-state index contributed by atoms with van der Waals surface area (Å²) >= 11 is 6.02. The molecule has 144 valence electrons. The van der Waals surface area contributed by atoms with Gasteiger partial charge in [0.15, 0.2) is 9.84 Å². The Morgan fingerprint density at radius 2 is 1.85 bits per heavy atom. The first-order valence-electron chi connectivity index (χ1n) is 8.03. The second kappa shape index (κ2) is 7.44. The van der Waals surface area contributed by atoms with Crippen LogP contribution in [0.1, 0.15) is 27.2 Å². The van der Waals surface area contributed by atoms with Gasteiger partial charge in [0.2, 0.25) is 0 Å². The van der Waals surface area contributed by atoms with Crippen molar-refractivity contribution in [3.05, 3.63) is 29.3 Å². The zero-order chi connectivity index (χ0) is 19.7. The molecule has 1 aliphatic rings. The Hall–Kier alpha value is -1.80. The number of amides is 1. The number of carbonyl (C=O) groups excluding carboxylic acids is 2. The molecule has 0 N–H and O–H groups in total. The molecule has 0 aromatic heterocycles. The lowest BCUT2D eigenvalue weighted by Gasteiger charge is -2.27. The van der Waals surface area contributed by atoms with Crippen LogP contribution in [0.2, 0.25) is 5.02 Å². The predicted octanol–water partition coefficient (Wildman–Crippen LogP) is 2.66. The molecule has 26 heavy (non-hydrogen) atoms. The van der Waals surface area contributed by atoms with Crippen molar-refractivity contribution in [3.8, 4) is 0 Å². The molecule has 1 amide bonds. The van der Waals surface area contributed by atoms with Gasteiger partial charge >= 0.3 is 12.1 Å². The van der Waals surface area contributed by atoms with Gasteiger partial charge in [-0.2, -0.15) is 0 Å². The van der Waals surface area contributed by atoms with Crippen LogP contribution in [0.5, 0.6) is 0 Å². The summed E-state index contributed by atoms with van der Waals surface area (Å²) in [6, 6.07) is 5.04. The van der Waals surface area contributed by atoms with Crippen LogP contribution < -0.4 is 0 Å². The van der Waals surface area contributed by atoms with E-state index in [1.165, 1.54) is 19.2 Å². The standard InChI is InChI=1S/C17H22ClNO6S/c1-17(2,3)25-16(21)19-10-11(9-13(19)15(20)24-4)26(22,23)14-8-6-5-7-12(14)18/h5-8,11,13H,9-10H2,1-4H3. The SMILES string of the molecule is COC(=O)C1CC(S(=O)(=O)c2ccccc2Cl)CN1C(=O)OC(C)(C)C. The van der Waals surface area contributed by atoms with Gasteiger partial charge in [0, 0.05) is 6.54 Å². The number of rotatable bonds is 3. The number of hydrogen-bond donors (Lipinski definition) is 0. The molecular formula is C17H22ClNO6S. The molecule has 7 nitrogen and oxygen atoms in total. The third-order valence-corrected chi connectivity index (χ3v) is 6.58. The van der Waals surface area contributed by atoms with E-state index < -0.39 is 38.8 Å². The maximum atomic E-state index is 12.9. The summed E-state index contributed by atoms with van der Waals surface area (Å²) in [5, 5.41) is -0.892. The van der Waals surface area contributed by atoms with Crippen molar-refractivity contribution >= 4 is 33.5 Å². The van der Waals surface area contributed by atoms with Crippen molar-refractivity contribution in [1.82, 2.24) is 4.90 Å². The Bertz CT molecular complexity index is 802. The second-order valence-corrected chi connectivity index (χ2v) is 9.61. The van der Waals surface area contributed by atoms with Gasteiger partial charge in [0.25, 0.3) is 0 Å². The van der Waals surface area contributed by atoms with Crippen molar-refractivity contribution in [2.24, 2.45) is 0 Å². The minimum atomic E-state index is -3.84. The maximum Gasteiger partial charge on any atom is 0.411 e. The summed E-state index contributed by atoms with van der Waals surface area (Å²) in [5.74, 6) is -0.687. The first-order chi connectivity index (χ1) is 12.0. The van der Waals surface area contributed by atoms with E-state index in [4.69, 9.17) is 21.1 Å². The molecule has 1 heterocycles. The first kappa shape index (κ1) is 20.5. The molecule has 2 atom stereocenters. The molecular weight excluding hydrogens is 382 g/mol. The van der Waals surface area contributed by atoms with Gasteiger partial charge in [0.05, 0.1) is 22.3 Å². The fourth-order valence-electron chi connectivity index (χ4n) is 2.76. The van der Waals surface area contributed by atoms with Crippen molar-refractivity contribution in [3.63, 3.8) is 0 Å². The Morgan fingerprint density at radius 3 is 2.38 bits per heavy atom. The molecule has 9 heteroatoms. The number of hydrogen-bond acceptors (Lipinski definition) is 6. The zero-order valence-electron chi connectivity index (χ0n) is 15.1. The number of esters is 1. The van der Waals surface area contributed by atoms with Crippen LogP contribution in [0.15, 0.2) is 29.2 Å². The van der Waals surface area contributed by atoms with E-state index in [0.29, 0.717) is 0 Å². The van der Waals surface area contributed by atoms with Gasteiger partial charge in [-0.3, -0.25) is 4.90 Å². The van der Waals surface area contributed by atoms with Gasteiger partial charge in [-0.25, -0.2) is 18.0 Å². The van der Waals surface area contributed by atoms with Gasteiger partial charge in [-0.05, 0) is 39.3 Å². The molecule has 1 aromatic carbocycles. The number of nitrogens with zero attached hydrogens (tertiary/aromatic N) is 1. The van der Waals surface area contributed by atoms with E-state index in [2.05, 4.69) is 0 Å². The Kier molecular flexibility index (Phi) is 5.87. The smallest absolute Gasteiger partial charge is 0.411 e. The van der Waals surface area contributed by atoms with Gasteiger partial charge in [-0.1, -0.05) is 23.7 Å². The Labute approximate surface area is 158 Å². The summed E-state index contributed by atoms with van der Waals surface area (Å²) in [6.45, 7) is 4.88. The van der Waals surface area contributed by atoms with E-state index in [0.717, 1.165) is 4.90 Å². The summed E-state index contributed by atoms with van der Waals surface area (Å²) < 4.78 is 35.9. The Balaban J connectivity index is 2.34. The third-order valence-electron chi connectivity index (χ3n) is 3.95. The van der Waals surface area contributed by atoms with Crippen molar-refractivity contribution in [2.75, 3.05) is 13.7 Å². The molecule has 1 aliphatic heterocycles. The minimum absolute atomic E-state index is 0.0266. The molecule has 0 radical (unpaired) electrons. The fourth-order valence-corrected chi connectivity index (χ4v) is 4.98. The molecule has 0 aliphatic carbocycles. The molecule has 0 spiro atoms. The molecule has 0 bridgehead atoms.